The molecule has 3 N–H and O–H groups in total. The fourth-order valence-electron chi connectivity index (χ4n) is 3.32. The number of benzene rings is 2. The number of hydrogen-bond donors (Lipinski definition) is 3. The van der Waals surface area contributed by atoms with Crippen molar-refractivity contribution in [3.8, 4) is 0 Å². The van der Waals surface area contributed by atoms with Gasteiger partial charge in [0.2, 0.25) is 0 Å². The Balaban J connectivity index is 1.34. The Kier molecular flexibility index (Phi) is 6.03. The lowest BCUT2D eigenvalue weighted by molar-refractivity contribution is 0.0996. The first-order valence-corrected chi connectivity index (χ1v) is 9.99. The number of anilines is 1. The molecule has 2 heterocycles. The lowest BCUT2D eigenvalue weighted by Gasteiger charge is -2.12. The van der Waals surface area contributed by atoms with Gasteiger partial charge in [-0.15, -0.1) is 0 Å². The molecule has 0 bridgehead atoms. The van der Waals surface area contributed by atoms with Gasteiger partial charge in [0, 0.05) is 30.2 Å². The van der Waals surface area contributed by atoms with Crippen molar-refractivity contribution < 1.29 is 13.6 Å². The number of carbonyl (C=O) groups is 1. The lowest BCUT2D eigenvalue weighted by atomic mass is 10.1. The van der Waals surface area contributed by atoms with Crippen LogP contribution < -0.4 is 16.0 Å². The van der Waals surface area contributed by atoms with Crippen LogP contribution in [0.5, 0.6) is 0 Å². The van der Waals surface area contributed by atoms with Crippen molar-refractivity contribution in [1.29, 1.82) is 0 Å². The fourth-order valence-corrected chi connectivity index (χ4v) is 3.32. The Morgan fingerprint density at radius 2 is 1.84 bits per heavy atom. The molecule has 1 amide bonds. The molecule has 158 valence electrons. The number of nitrogens with zero attached hydrogens (tertiary/aromatic N) is 1. The van der Waals surface area contributed by atoms with Crippen molar-refractivity contribution >= 4 is 28.5 Å². The second-order valence-electron chi connectivity index (χ2n) is 7.06. The van der Waals surface area contributed by atoms with Crippen LogP contribution in [0.15, 0.2) is 80.8 Å². The van der Waals surface area contributed by atoms with E-state index in [1.165, 1.54) is 6.26 Å². The molecule has 0 radical (unpaired) electrons. The highest BCUT2D eigenvalue weighted by molar-refractivity contribution is 6.02. The topological polar surface area (TPSA) is 91.8 Å². The predicted molar refractivity (Wildman–Crippen MR) is 121 cm³/mol. The van der Waals surface area contributed by atoms with Gasteiger partial charge in [0.25, 0.3) is 5.91 Å². The minimum Gasteiger partial charge on any atom is -0.459 e. The zero-order chi connectivity index (χ0) is 21.6. The SMILES string of the molecule is CN=C(NCc1cccc(NC(=O)c2ccco2)c1)NCc1oc2ccccc2c1C. The molecule has 0 saturated heterocycles. The predicted octanol–water partition coefficient (Wildman–Crippen LogP) is 4.45. The van der Waals surface area contributed by atoms with Gasteiger partial charge in [-0.3, -0.25) is 9.79 Å². The molecule has 0 aliphatic rings. The number of hydrogen-bond acceptors (Lipinski definition) is 4. The third-order valence-corrected chi connectivity index (χ3v) is 4.97. The van der Waals surface area contributed by atoms with E-state index >= 15 is 0 Å². The van der Waals surface area contributed by atoms with E-state index in [4.69, 9.17) is 8.83 Å². The number of furan rings is 2. The van der Waals surface area contributed by atoms with Crippen LogP contribution in [0.3, 0.4) is 0 Å². The number of para-hydroxylation sites is 1. The molecule has 0 aliphatic carbocycles. The van der Waals surface area contributed by atoms with E-state index in [1.54, 1.807) is 19.2 Å². The van der Waals surface area contributed by atoms with E-state index in [2.05, 4.69) is 33.9 Å². The number of aryl methyl sites for hydroxylation is 1. The highest BCUT2D eigenvalue weighted by atomic mass is 16.3. The molecule has 0 atom stereocenters. The summed E-state index contributed by atoms with van der Waals surface area (Å²) in [6, 6.07) is 18.9. The highest BCUT2D eigenvalue weighted by Crippen LogP contribution is 2.24. The number of carbonyl (C=O) groups excluding carboxylic acids is 1. The summed E-state index contributed by atoms with van der Waals surface area (Å²) < 4.78 is 11.1. The van der Waals surface area contributed by atoms with E-state index in [-0.39, 0.29) is 11.7 Å². The normalized spacial score (nSPS) is 11.5. The van der Waals surface area contributed by atoms with Crippen molar-refractivity contribution in [2.75, 3.05) is 12.4 Å². The van der Waals surface area contributed by atoms with Gasteiger partial charge in [-0.25, -0.2) is 0 Å². The average molecular weight is 416 g/mol. The molecule has 31 heavy (non-hydrogen) atoms. The summed E-state index contributed by atoms with van der Waals surface area (Å²) in [5.74, 6) is 1.53. The molecular weight excluding hydrogens is 392 g/mol. The van der Waals surface area contributed by atoms with Crippen molar-refractivity contribution in [3.05, 3.63) is 89.6 Å². The molecule has 7 heteroatoms. The molecule has 0 saturated carbocycles. The number of nitrogens with one attached hydrogen (secondary N) is 3. The van der Waals surface area contributed by atoms with Crippen molar-refractivity contribution in [2.45, 2.75) is 20.0 Å². The third-order valence-electron chi connectivity index (χ3n) is 4.97. The Morgan fingerprint density at radius 1 is 1.00 bits per heavy atom. The van der Waals surface area contributed by atoms with Gasteiger partial charge in [-0.05, 0) is 42.8 Å². The van der Waals surface area contributed by atoms with Crippen molar-refractivity contribution in [2.24, 2.45) is 4.99 Å². The second kappa shape index (κ2) is 9.21. The van der Waals surface area contributed by atoms with Gasteiger partial charge in [-0.1, -0.05) is 30.3 Å². The van der Waals surface area contributed by atoms with Crippen LogP contribution in [0, 0.1) is 6.92 Å². The summed E-state index contributed by atoms with van der Waals surface area (Å²) in [5, 5.41) is 10.5. The molecule has 2 aromatic carbocycles. The van der Waals surface area contributed by atoms with Crippen LogP contribution in [0.1, 0.15) is 27.4 Å². The maximum atomic E-state index is 12.2. The van der Waals surface area contributed by atoms with E-state index in [1.807, 2.05) is 42.5 Å². The van der Waals surface area contributed by atoms with Crippen LogP contribution in [0.2, 0.25) is 0 Å². The summed E-state index contributed by atoms with van der Waals surface area (Å²) in [6.45, 7) is 3.13. The Morgan fingerprint density at radius 3 is 2.61 bits per heavy atom. The number of rotatable bonds is 6. The molecule has 4 aromatic rings. The molecule has 0 spiro atoms. The monoisotopic (exact) mass is 416 g/mol. The first kappa shape index (κ1) is 20.3. The molecule has 7 nitrogen and oxygen atoms in total. The number of aliphatic imine (C=N–C) groups is 1. The van der Waals surface area contributed by atoms with Crippen LogP contribution in [0.4, 0.5) is 5.69 Å². The van der Waals surface area contributed by atoms with Crippen LogP contribution in [-0.2, 0) is 13.1 Å². The number of amides is 1. The number of guanidine groups is 1. The summed E-state index contributed by atoms with van der Waals surface area (Å²) in [4.78, 5) is 16.4. The Hall–Kier alpha value is -4.00. The summed E-state index contributed by atoms with van der Waals surface area (Å²) in [5.41, 5.74) is 3.70. The lowest BCUT2D eigenvalue weighted by Crippen LogP contribution is -2.36. The van der Waals surface area contributed by atoms with E-state index < -0.39 is 0 Å². The first-order chi connectivity index (χ1) is 15.1. The van der Waals surface area contributed by atoms with Crippen LogP contribution in [0.25, 0.3) is 11.0 Å². The minimum atomic E-state index is -0.284. The van der Waals surface area contributed by atoms with E-state index in [0.717, 1.165) is 27.9 Å². The molecule has 0 fully saturated rings. The van der Waals surface area contributed by atoms with Crippen LogP contribution in [-0.4, -0.2) is 18.9 Å². The van der Waals surface area contributed by atoms with Crippen molar-refractivity contribution in [1.82, 2.24) is 10.6 Å². The first-order valence-electron chi connectivity index (χ1n) is 9.99. The standard InChI is InChI=1S/C24H24N4O3/c1-16-19-9-3-4-10-20(19)31-22(16)15-27-24(25-2)26-14-17-7-5-8-18(13-17)28-23(29)21-11-6-12-30-21/h3-13H,14-15H2,1-2H3,(H,28,29)(H2,25,26,27). The van der Waals surface area contributed by atoms with Gasteiger partial charge >= 0.3 is 0 Å². The van der Waals surface area contributed by atoms with Gasteiger partial charge in [0.1, 0.15) is 11.3 Å². The molecule has 0 aliphatic heterocycles. The molecule has 4 rings (SSSR count). The zero-order valence-corrected chi connectivity index (χ0v) is 17.4. The molecule has 2 aromatic heterocycles. The molecule has 0 unspecified atom stereocenters. The highest BCUT2D eigenvalue weighted by Gasteiger charge is 2.11. The van der Waals surface area contributed by atoms with Crippen LogP contribution >= 0.6 is 0 Å². The van der Waals surface area contributed by atoms with Gasteiger partial charge in [0.05, 0.1) is 12.8 Å². The smallest absolute Gasteiger partial charge is 0.291 e. The minimum absolute atomic E-state index is 0.272. The van der Waals surface area contributed by atoms with E-state index in [9.17, 15) is 4.79 Å². The zero-order valence-electron chi connectivity index (χ0n) is 17.4. The second-order valence-corrected chi connectivity index (χ2v) is 7.06. The average Bonchev–Trinajstić information content (AvgIpc) is 3.43. The van der Waals surface area contributed by atoms with Gasteiger partial charge in [-0.2, -0.15) is 0 Å². The Bertz CT molecular complexity index is 1210. The number of fused-ring (bicyclic) bond motifs is 1. The van der Waals surface area contributed by atoms with Gasteiger partial charge < -0.3 is 24.8 Å². The fraction of sp³-hybridized carbons (Fsp3) is 0.167. The maximum absolute atomic E-state index is 12.2. The third kappa shape index (κ3) is 4.78. The summed E-state index contributed by atoms with van der Waals surface area (Å²) >= 11 is 0. The quantitative estimate of drug-likeness (QED) is 0.319. The maximum Gasteiger partial charge on any atom is 0.291 e. The molecular formula is C24H24N4O3. The van der Waals surface area contributed by atoms with Gasteiger partial charge in [0.15, 0.2) is 11.7 Å². The Labute approximate surface area is 180 Å². The largest absolute Gasteiger partial charge is 0.459 e. The van der Waals surface area contributed by atoms with Crippen molar-refractivity contribution in [3.63, 3.8) is 0 Å². The summed E-state index contributed by atoms with van der Waals surface area (Å²) in [7, 11) is 1.72. The van der Waals surface area contributed by atoms with E-state index in [0.29, 0.717) is 24.7 Å². The summed E-state index contributed by atoms with van der Waals surface area (Å²) in [6.07, 6.45) is 1.47.